The van der Waals surface area contributed by atoms with Crippen molar-refractivity contribution in [2.24, 2.45) is 0 Å². The van der Waals surface area contributed by atoms with Gasteiger partial charge in [-0.3, -0.25) is 0 Å². The van der Waals surface area contributed by atoms with Crippen LogP contribution in [0.2, 0.25) is 0 Å². The van der Waals surface area contributed by atoms with Crippen molar-refractivity contribution in [2.75, 3.05) is 13.1 Å². The van der Waals surface area contributed by atoms with Crippen molar-refractivity contribution in [1.29, 1.82) is 0 Å². The summed E-state index contributed by atoms with van der Waals surface area (Å²) in [4.78, 5) is 4.39. The first-order valence-corrected chi connectivity index (χ1v) is 6.47. The third-order valence-electron chi connectivity index (χ3n) is 2.69. The molecule has 0 saturated carbocycles. The van der Waals surface area contributed by atoms with Crippen LogP contribution in [0, 0.1) is 0 Å². The first-order valence-electron chi connectivity index (χ1n) is 6.47. The molecule has 1 heterocycles. The molecule has 1 aromatic rings. The highest BCUT2D eigenvalue weighted by Crippen LogP contribution is 2.12. The number of nitrogens with one attached hydrogen (secondary N) is 1. The Balaban J connectivity index is 2.19. The lowest BCUT2D eigenvalue weighted by Gasteiger charge is -2.10. The van der Waals surface area contributed by atoms with Crippen molar-refractivity contribution in [3.8, 4) is 0 Å². The third kappa shape index (κ3) is 4.35. The minimum Gasteiger partial charge on any atom is -0.335 e. The highest BCUT2D eigenvalue weighted by molar-refractivity contribution is 4.97. The van der Waals surface area contributed by atoms with E-state index in [2.05, 4.69) is 41.8 Å². The van der Waals surface area contributed by atoms with E-state index in [1.165, 1.54) is 25.1 Å². The summed E-state index contributed by atoms with van der Waals surface area (Å²) in [5, 5.41) is 3.43. The number of aromatic nitrogens is 2. The predicted octanol–water partition coefficient (Wildman–Crippen LogP) is 2.79. The van der Waals surface area contributed by atoms with Crippen LogP contribution < -0.4 is 5.32 Å². The van der Waals surface area contributed by atoms with Crippen LogP contribution >= 0.6 is 0 Å². The molecule has 0 spiro atoms. The zero-order valence-electron chi connectivity index (χ0n) is 10.9. The van der Waals surface area contributed by atoms with E-state index in [9.17, 15) is 0 Å². The molecule has 1 rings (SSSR count). The monoisotopic (exact) mass is 223 g/mol. The molecule has 0 aromatic carbocycles. The average molecular weight is 223 g/mol. The fourth-order valence-corrected chi connectivity index (χ4v) is 1.84. The van der Waals surface area contributed by atoms with Crippen LogP contribution in [0.5, 0.6) is 0 Å². The Morgan fingerprint density at radius 2 is 2.12 bits per heavy atom. The third-order valence-corrected chi connectivity index (χ3v) is 2.69. The smallest absolute Gasteiger partial charge is 0.111 e. The molecule has 1 N–H and O–H groups in total. The Kier molecular flexibility index (Phi) is 6.16. The molecule has 0 atom stereocenters. The largest absolute Gasteiger partial charge is 0.335 e. The lowest BCUT2D eigenvalue weighted by Crippen LogP contribution is -2.16. The van der Waals surface area contributed by atoms with Crippen molar-refractivity contribution in [3.63, 3.8) is 0 Å². The van der Waals surface area contributed by atoms with Crippen LogP contribution in [0.1, 0.15) is 51.8 Å². The van der Waals surface area contributed by atoms with E-state index >= 15 is 0 Å². The summed E-state index contributed by atoms with van der Waals surface area (Å²) in [6.45, 7) is 9.97. The zero-order valence-corrected chi connectivity index (χ0v) is 10.9. The second-order valence-corrected chi connectivity index (χ2v) is 4.59. The van der Waals surface area contributed by atoms with Crippen molar-refractivity contribution in [3.05, 3.63) is 18.2 Å². The van der Waals surface area contributed by atoms with Crippen molar-refractivity contribution >= 4 is 0 Å². The molecule has 92 valence electrons. The number of nitrogens with zero attached hydrogens (tertiary/aromatic N) is 2. The molecule has 0 aliphatic heterocycles. The molecule has 0 amide bonds. The van der Waals surface area contributed by atoms with Crippen LogP contribution in [0.3, 0.4) is 0 Å². The summed E-state index contributed by atoms with van der Waals surface area (Å²) in [5.74, 6) is 1.73. The fourth-order valence-electron chi connectivity index (χ4n) is 1.84. The Hall–Kier alpha value is -0.830. The molecule has 3 heteroatoms. The predicted molar refractivity (Wildman–Crippen MR) is 68.7 cm³/mol. The Morgan fingerprint density at radius 3 is 2.81 bits per heavy atom. The first-order chi connectivity index (χ1) is 7.75. The summed E-state index contributed by atoms with van der Waals surface area (Å²) in [5.41, 5.74) is 0. The number of unbranched alkanes of at least 4 members (excludes halogenated alkanes) is 1. The normalized spacial score (nSPS) is 11.2. The van der Waals surface area contributed by atoms with Gasteiger partial charge in [0.1, 0.15) is 5.82 Å². The molecule has 0 bridgehead atoms. The van der Waals surface area contributed by atoms with Gasteiger partial charge in [-0.2, -0.15) is 0 Å². The van der Waals surface area contributed by atoms with Crippen LogP contribution in [-0.4, -0.2) is 22.6 Å². The van der Waals surface area contributed by atoms with Crippen molar-refractivity contribution in [2.45, 2.75) is 52.5 Å². The van der Waals surface area contributed by atoms with Gasteiger partial charge in [-0.25, -0.2) is 4.98 Å². The summed E-state index contributed by atoms with van der Waals surface area (Å²) < 4.78 is 2.28. The number of aryl methyl sites for hydroxylation is 1. The second kappa shape index (κ2) is 7.44. The molecule has 3 nitrogen and oxygen atoms in total. The standard InChI is InChI=1S/C13H25N3/c1-4-7-14-8-5-6-10-16-11-9-15-13(16)12(2)3/h9,11-12,14H,4-8,10H2,1-3H3. The molecule has 16 heavy (non-hydrogen) atoms. The van der Waals surface area contributed by atoms with Gasteiger partial charge in [0.2, 0.25) is 0 Å². The Morgan fingerprint density at radius 1 is 1.31 bits per heavy atom. The minimum absolute atomic E-state index is 0.521. The average Bonchev–Trinajstić information content (AvgIpc) is 2.71. The van der Waals surface area contributed by atoms with Crippen LogP contribution in [0.15, 0.2) is 12.4 Å². The highest BCUT2D eigenvalue weighted by Gasteiger charge is 2.05. The van der Waals surface area contributed by atoms with E-state index < -0.39 is 0 Å². The SMILES string of the molecule is CCCNCCCCn1ccnc1C(C)C. The van der Waals surface area contributed by atoms with E-state index in [-0.39, 0.29) is 0 Å². The zero-order chi connectivity index (χ0) is 11.8. The van der Waals surface area contributed by atoms with E-state index in [1.807, 2.05) is 6.20 Å². The van der Waals surface area contributed by atoms with Crippen molar-refractivity contribution in [1.82, 2.24) is 14.9 Å². The summed E-state index contributed by atoms with van der Waals surface area (Å²) in [7, 11) is 0. The first kappa shape index (κ1) is 13.2. The van der Waals surface area contributed by atoms with Gasteiger partial charge < -0.3 is 9.88 Å². The van der Waals surface area contributed by atoms with Gasteiger partial charge in [0.15, 0.2) is 0 Å². The molecule has 0 fully saturated rings. The number of hydrogen-bond acceptors (Lipinski definition) is 2. The Labute approximate surface area is 99.3 Å². The maximum Gasteiger partial charge on any atom is 0.111 e. The second-order valence-electron chi connectivity index (χ2n) is 4.59. The van der Waals surface area contributed by atoms with E-state index in [0.717, 1.165) is 19.6 Å². The molecule has 0 unspecified atom stereocenters. The van der Waals surface area contributed by atoms with Gasteiger partial charge >= 0.3 is 0 Å². The topological polar surface area (TPSA) is 29.9 Å². The Bertz CT molecular complexity index is 278. The van der Waals surface area contributed by atoms with Gasteiger partial charge in [0, 0.05) is 24.9 Å². The van der Waals surface area contributed by atoms with Gasteiger partial charge in [0.25, 0.3) is 0 Å². The van der Waals surface area contributed by atoms with Gasteiger partial charge in [-0.05, 0) is 32.4 Å². The van der Waals surface area contributed by atoms with Crippen LogP contribution in [0.4, 0.5) is 0 Å². The lowest BCUT2D eigenvalue weighted by molar-refractivity contribution is 0.545. The van der Waals surface area contributed by atoms with E-state index in [4.69, 9.17) is 0 Å². The molecule has 0 aliphatic rings. The number of rotatable bonds is 8. The van der Waals surface area contributed by atoms with Crippen molar-refractivity contribution < 1.29 is 0 Å². The summed E-state index contributed by atoms with van der Waals surface area (Å²) in [6, 6.07) is 0. The fraction of sp³-hybridized carbons (Fsp3) is 0.769. The molecular formula is C13H25N3. The van der Waals surface area contributed by atoms with Crippen LogP contribution in [-0.2, 0) is 6.54 Å². The van der Waals surface area contributed by atoms with Gasteiger partial charge in [-0.15, -0.1) is 0 Å². The van der Waals surface area contributed by atoms with Gasteiger partial charge in [-0.1, -0.05) is 20.8 Å². The number of imidazole rings is 1. The van der Waals surface area contributed by atoms with Crippen LogP contribution in [0.25, 0.3) is 0 Å². The maximum absolute atomic E-state index is 4.39. The highest BCUT2D eigenvalue weighted by atomic mass is 15.1. The summed E-state index contributed by atoms with van der Waals surface area (Å²) >= 11 is 0. The maximum atomic E-state index is 4.39. The quantitative estimate of drug-likeness (QED) is 0.687. The minimum atomic E-state index is 0.521. The van der Waals surface area contributed by atoms with E-state index in [0.29, 0.717) is 5.92 Å². The number of hydrogen-bond donors (Lipinski definition) is 1. The molecule has 0 saturated heterocycles. The molecule has 0 radical (unpaired) electrons. The summed E-state index contributed by atoms with van der Waals surface area (Å²) in [6.07, 6.45) is 7.70. The lowest BCUT2D eigenvalue weighted by atomic mass is 10.2. The molecule has 0 aliphatic carbocycles. The van der Waals surface area contributed by atoms with E-state index in [1.54, 1.807) is 0 Å². The molecule has 1 aromatic heterocycles. The van der Waals surface area contributed by atoms with Gasteiger partial charge in [0.05, 0.1) is 0 Å². The molecular weight excluding hydrogens is 198 g/mol.